The zero-order chi connectivity index (χ0) is 20.4. The number of piperidine rings is 1. The summed E-state index contributed by atoms with van der Waals surface area (Å²) < 4.78 is 22.0. The summed E-state index contributed by atoms with van der Waals surface area (Å²) in [6.07, 6.45) is 1.60. The minimum Gasteiger partial charge on any atom is -0.496 e. The number of oxazole rings is 1. The molecule has 0 N–H and O–H groups in total. The third kappa shape index (κ3) is 3.60. The molecule has 1 saturated heterocycles. The molecule has 1 amide bonds. The van der Waals surface area contributed by atoms with Gasteiger partial charge in [0.15, 0.2) is 23.0 Å². The minimum absolute atomic E-state index is 0.0844. The predicted molar refractivity (Wildman–Crippen MR) is 108 cm³/mol. The number of carbonyl (C=O) groups excluding carboxylic acids is 1. The van der Waals surface area contributed by atoms with Crippen LogP contribution in [0.15, 0.2) is 40.8 Å². The summed E-state index contributed by atoms with van der Waals surface area (Å²) in [5.41, 5.74) is 2.14. The van der Waals surface area contributed by atoms with Gasteiger partial charge in [0.25, 0.3) is 5.91 Å². The lowest BCUT2D eigenvalue weighted by atomic mass is 9.96. The monoisotopic (exact) mass is 396 g/mol. The third-order valence-electron chi connectivity index (χ3n) is 5.38. The van der Waals surface area contributed by atoms with Crippen LogP contribution >= 0.6 is 0 Å². The van der Waals surface area contributed by atoms with Crippen molar-refractivity contribution in [3.63, 3.8) is 0 Å². The maximum atomic E-state index is 13.1. The van der Waals surface area contributed by atoms with Crippen LogP contribution in [0.25, 0.3) is 11.1 Å². The molecule has 7 nitrogen and oxygen atoms in total. The lowest BCUT2D eigenvalue weighted by molar-refractivity contribution is 0.0703. The van der Waals surface area contributed by atoms with Crippen molar-refractivity contribution >= 4 is 17.0 Å². The van der Waals surface area contributed by atoms with Crippen LogP contribution in [-0.2, 0) is 0 Å². The van der Waals surface area contributed by atoms with E-state index >= 15 is 0 Å². The molecule has 2 aromatic carbocycles. The van der Waals surface area contributed by atoms with Crippen molar-refractivity contribution < 1.29 is 23.4 Å². The van der Waals surface area contributed by atoms with Crippen LogP contribution in [0.3, 0.4) is 0 Å². The largest absolute Gasteiger partial charge is 0.496 e. The van der Waals surface area contributed by atoms with E-state index in [-0.39, 0.29) is 11.8 Å². The van der Waals surface area contributed by atoms with Gasteiger partial charge in [-0.3, -0.25) is 4.79 Å². The Bertz CT molecular complexity index is 988. The topological polar surface area (TPSA) is 74.0 Å². The van der Waals surface area contributed by atoms with Crippen molar-refractivity contribution in [1.29, 1.82) is 0 Å². The standard InChI is InChI=1S/C22H24N2O5/c1-26-18-13-20(28-3)19(27-2)12-15(18)22(25)24-10-8-14(9-11-24)21-23-16-6-4-5-7-17(16)29-21/h4-7,12-14H,8-11H2,1-3H3. The number of carbonyl (C=O) groups is 1. The summed E-state index contributed by atoms with van der Waals surface area (Å²) in [6.45, 7) is 1.25. The minimum atomic E-state index is -0.0844. The number of rotatable bonds is 5. The molecule has 1 fully saturated rings. The van der Waals surface area contributed by atoms with E-state index in [1.165, 1.54) is 7.11 Å². The zero-order valence-corrected chi connectivity index (χ0v) is 16.8. The molecule has 0 atom stereocenters. The van der Waals surface area contributed by atoms with Crippen molar-refractivity contribution in [1.82, 2.24) is 9.88 Å². The number of fused-ring (bicyclic) bond motifs is 1. The molecular weight excluding hydrogens is 372 g/mol. The van der Waals surface area contributed by atoms with Gasteiger partial charge in [-0.05, 0) is 25.0 Å². The Labute approximate surface area is 169 Å². The fraction of sp³-hybridized carbons (Fsp3) is 0.364. The normalized spacial score (nSPS) is 14.8. The quantitative estimate of drug-likeness (QED) is 0.652. The van der Waals surface area contributed by atoms with Gasteiger partial charge in [-0.25, -0.2) is 4.98 Å². The first-order valence-electron chi connectivity index (χ1n) is 9.59. The maximum Gasteiger partial charge on any atom is 0.257 e. The van der Waals surface area contributed by atoms with E-state index in [2.05, 4.69) is 4.98 Å². The second-order valence-electron chi connectivity index (χ2n) is 6.99. The van der Waals surface area contributed by atoms with Crippen LogP contribution in [-0.4, -0.2) is 50.2 Å². The van der Waals surface area contributed by atoms with Gasteiger partial charge in [0.05, 0.1) is 26.9 Å². The molecule has 0 spiro atoms. The Morgan fingerprint density at radius 2 is 1.66 bits per heavy atom. The first-order chi connectivity index (χ1) is 14.1. The Balaban J connectivity index is 1.50. The maximum absolute atomic E-state index is 13.1. The molecule has 1 aliphatic heterocycles. The molecule has 0 unspecified atom stereocenters. The van der Waals surface area contributed by atoms with Crippen LogP contribution in [0.4, 0.5) is 0 Å². The zero-order valence-electron chi connectivity index (χ0n) is 16.8. The van der Waals surface area contributed by atoms with Crippen molar-refractivity contribution in [3.8, 4) is 17.2 Å². The van der Waals surface area contributed by atoms with Crippen LogP contribution in [0, 0.1) is 0 Å². The number of methoxy groups -OCH3 is 3. The van der Waals surface area contributed by atoms with E-state index < -0.39 is 0 Å². The highest BCUT2D eigenvalue weighted by Crippen LogP contribution is 2.36. The molecule has 1 aliphatic rings. The van der Waals surface area contributed by atoms with E-state index in [4.69, 9.17) is 18.6 Å². The second-order valence-corrected chi connectivity index (χ2v) is 6.99. The van der Waals surface area contributed by atoms with Crippen molar-refractivity contribution in [2.24, 2.45) is 0 Å². The smallest absolute Gasteiger partial charge is 0.257 e. The molecular formula is C22H24N2O5. The van der Waals surface area contributed by atoms with E-state index in [9.17, 15) is 4.79 Å². The summed E-state index contributed by atoms with van der Waals surface area (Å²) in [7, 11) is 4.64. The average Bonchev–Trinajstić information content (AvgIpc) is 3.22. The molecule has 29 heavy (non-hydrogen) atoms. The highest BCUT2D eigenvalue weighted by Gasteiger charge is 2.29. The number of hydrogen-bond acceptors (Lipinski definition) is 6. The van der Waals surface area contributed by atoms with Crippen molar-refractivity contribution in [2.45, 2.75) is 18.8 Å². The van der Waals surface area contributed by atoms with Crippen LogP contribution < -0.4 is 14.2 Å². The number of para-hydroxylation sites is 2. The Kier molecular flexibility index (Phi) is 5.29. The SMILES string of the molecule is COc1cc(OC)c(C(=O)N2CCC(c3nc4ccccc4o3)CC2)cc1OC. The van der Waals surface area contributed by atoms with Crippen molar-refractivity contribution in [3.05, 3.63) is 47.9 Å². The molecule has 3 aromatic rings. The fourth-order valence-electron chi connectivity index (χ4n) is 3.76. The first-order valence-corrected chi connectivity index (χ1v) is 9.59. The van der Waals surface area contributed by atoms with Gasteiger partial charge in [0.1, 0.15) is 11.3 Å². The van der Waals surface area contributed by atoms with Gasteiger partial charge in [-0.2, -0.15) is 0 Å². The van der Waals surface area contributed by atoms with Crippen LogP contribution in [0.5, 0.6) is 17.2 Å². The molecule has 0 saturated carbocycles. The number of ether oxygens (including phenoxy) is 3. The number of hydrogen-bond donors (Lipinski definition) is 0. The summed E-state index contributed by atoms with van der Waals surface area (Å²) in [5.74, 6) is 2.36. The molecule has 0 bridgehead atoms. The average molecular weight is 396 g/mol. The molecule has 7 heteroatoms. The summed E-state index contributed by atoms with van der Waals surface area (Å²) in [6, 6.07) is 11.1. The van der Waals surface area contributed by atoms with E-state index in [1.54, 1.807) is 26.4 Å². The number of nitrogens with zero attached hydrogens (tertiary/aromatic N) is 2. The third-order valence-corrected chi connectivity index (χ3v) is 5.38. The second kappa shape index (κ2) is 8.03. The molecule has 4 rings (SSSR count). The molecule has 1 aromatic heterocycles. The van der Waals surface area contributed by atoms with Gasteiger partial charge < -0.3 is 23.5 Å². The summed E-state index contributed by atoms with van der Waals surface area (Å²) >= 11 is 0. The number of likely N-dealkylation sites (tertiary alicyclic amines) is 1. The highest BCUT2D eigenvalue weighted by atomic mass is 16.5. The first kappa shape index (κ1) is 19.1. The summed E-state index contributed by atoms with van der Waals surface area (Å²) in [5, 5.41) is 0. The van der Waals surface area contributed by atoms with E-state index in [0.29, 0.717) is 35.9 Å². The number of aromatic nitrogens is 1. The highest BCUT2D eigenvalue weighted by molar-refractivity contribution is 5.98. The molecule has 152 valence electrons. The number of amides is 1. The van der Waals surface area contributed by atoms with E-state index in [0.717, 1.165) is 29.8 Å². The van der Waals surface area contributed by atoms with Crippen LogP contribution in [0.1, 0.15) is 35.0 Å². The molecule has 0 aliphatic carbocycles. The van der Waals surface area contributed by atoms with Gasteiger partial charge >= 0.3 is 0 Å². The lowest BCUT2D eigenvalue weighted by Gasteiger charge is -2.31. The fourth-order valence-corrected chi connectivity index (χ4v) is 3.76. The number of benzene rings is 2. The molecule has 0 radical (unpaired) electrons. The Morgan fingerprint density at radius 3 is 2.31 bits per heavy atom. The van der Waals surface area contributed by atoms with Gasteiger partial charge in [0.2, 0.25) is 0 Å². The van der Waals surface area contributed by atoms with Gasteiger partial charge in [-0.15, -0.1) is 0 Å². The van der Waals surface area contributed by atoms with Gasteiger partial charge in [0, 0.05) is 31.1 Å². The predicted octanol–water partition coefficient (Wildman–Crippen LogP) is 3.87. The van der Waals surface area contributed by atoms with Crippen LogP contribution in [0.2, 0.25) is 0 Å². The Hall–Kier alpha value is -3.22. The Morgan fingerprint density at radius 1 is 1.00 bits per heavy atom. The van der Waals surface area contributed by atoms with E-state index in [1.807, 2.05) is 29.2 Å². The lowest BCUT2D eigenvalue weighted by Crippen LogP contribution is -2.38. The summed E-state index contributed by atoms with van der Waals surface area (Å²) in [4.78, 5) is 19.6. The molecule has 2 heterocycles. The van der Waals surface area contributed by atoms with Crippen molar-refractivity contribution in [2.75, 3.05) is 34.4 Å². The van der Waals surface area contributed by atoms with Gasteiger partial charge in [-0.1, -0.05) is 12.1 Å².